The van der Waals surface area contributed by atoms with E-state index in [9.17, 15) is 25.9 Å². The maximum atomic E-state index is 11.6. The zero-order valence-corrected chi connectivity index (χ0v) is 26.5. The van der Waals surface area contributed by atoms with Crippen molar-refractivity contribution in [3.05, 3.63) is 90.0 Å². The monoisotopic (exact) mass is 584 g/mol. The Morgan fingerprint density at radius 2 is 1.49 bits per heavy atom. The zero-order valence-electron chi connectivity index (χ0n) is 22.9. The molecule has 0 aliphatic carbocycles. The van der Waals surface area contributed by atoms with Crippen LogP contribution in [0, 0.1) is 0 Å². The van der Waals surface area contributed by atoms with E-state index in [4.69, 9.17) is 0 Å². The Bertz CT molecular complexity index is 1300. The summed E-state index contributed by atoms with van der Waals surface area (Å²) in [5.41, 5.74) is 3.10. The Morgan fingerprint density at radius 1 is 0.897 bits per heavy atom. The predicted molar refractivity (Wildman–Crippen MR) is 150 cm³/mol. The molecule has 0 radical (unpaired) electrons. The number of rotatable bonds is 8. The fourth-order valence-electron chi connectivity index (χ4n) is 5.09. The Kier molecular flexibility index (Phi) is 13.5. The van der Waals surface area contributed by atoms with E-state index in [1.807, 2.05) is 77.7 Å². The van der Waals surface area contributed by atoms with Crippen LogP contribution >= 0.6 is 0 Å². The average Bonchev–Trinajstić information content (AvgIpc) is 2.90. The molecule has 2 aromatic carbocycles. The molecule has 0 spiro atoms. The molecule has 39 heavy (non-hydrogen) atoms. The van der Waals surface area contributed by atoms with E-state index < -0.39 is 31.0 Å². The molecule has 3 atom stereocenters. The van der Waals surface area contributed by atoms with E-state index in [1.165, 1.54) is 0 Å². The van der Waals surface area contributed by atoms with Gasteiger partial charge in [-0.15, -0.1) is 0 Å². The maximum absolute atomic E-state index is 11.6. The number of benzene rings is 2. The standard InChI is InChI=1S/2C14H19NO3S.Na/c1-12(13-8-4-2-5-9-13)14(19(16,17)18)15-10-6-3-7-11-15;1-2-14(19(16,17)18)15-10-6-9-13(11-15)12-7-4-3-5-8-12;/h2-6,8-9,12,14H,7,10-11H2,1H3,(H,16,17,18);3-5,7-9,14H,2,6,10-11H2,1H3,(H,16,17,18);/q;;+1/p-1. The molecule has 0 bridgehead atoms. The molecule has 3 unspecified atom stereocenters. The summed E-state index contributed by atoms with van der Waals surface area (Å²) in [5.74, 6) is -0.338. The summed E-state index contributed by atoms with van der Waals surface area (Å²) in [6.45, 7) is 5.92. The van der Waals surface area contributed by atoms with Crippen molar-refractivity contribution in [3.8, 4) is 0 Å². The number of hydrogen-bond donors (Lipinski definition) is 1. The average molecular weight is 585 g/mol. The van der Waals surface area contributed by atoms with E-state index in [0.29, 0.717) is 32.6 Å². The zero-order chi connectivity index (χ0) is 27.8. The smallest absolute Gasteiger partial charge is 0.747 e. The Hall–Kier alpha value is -1.34. The van der Waals surface area contributed by atoms with Crippen molar-refractivity contribution >= 4 is 25.8 Å². The summed E-state index contributed by atoms with van der Waals surface area (Å²) in [6.07, 6.45) is 8.05. The summed E-state index contributed by atoms with van der Waals surface area (Å²) < 4.78 is 67.0. The van der Waals surface area contributed by atoms with Crippen molar-refractivity contribution in [3.63, 3.8) is 0 Å². The van der Waals surface area contributed by atoms with Crippen molar-refractivity contribution in [1.82, 2.24) is 9.80 Å². The van der Waals surface area contributed by atoms with Crippen LogP contribution in [0.3, 0.4) is 0 Å². The molecule has 0 amide bonds. The van der Waals surface area contributed by atoms with Gasteiger partial charge in [0.15, 0.2) is 0 Å². The first-order chi connectivity index (χ1) is 18.0. The Balaban J connectivity index is 0.000000267. The second-order valence-corrected chi connectivity index (χ2v) is 12.6. The van der Waals surface area contributed by atoms with Crippen molar-refractivity contribution in [1.29, 1.82) is 0 Å². The number of nitrogens with zero attached hydrogens (tertiary/aromatic N) is 2. The van der Waals surface area contributed by atoms with E-state index in [-0.39, 0.29) is 35.5 Å². The Labute approximate surface area is 255 Å². The van der Waals surface area contributed by atoms with Gasteiger partial charge >= 0.3 is 29.6 Å². The topological polar surface area (TPSA) is 118 Å². The van der Waals surface area contributed by atoms with Gasteiger partial charge in [0.2, 0.25) is 0 Å². The molecule has 2 aliphatic rings. The molecule has 0 fully saturated rings. The van der Waals surface area contributed by atoms with Crippen LogP contribution in [0.15, 0.2) is 78.9 Å². The molecular weight excluding hydrogens is 547 g/mol. The van der Waals surface area contributed by atoms with E-state index >= 15 is 0 Å². The summed E-state index contributed by atoms with van der Waals surface area (Å²) in [4.78, 5) is 3.58. The molecular formula is C28H37N2NaO6S2. The summed E-state index contributed by atoms with van der Waals surface area (Å²) in [6, 6.07) is 19.2. The van der Waals surface area contributed by atoms with Crippen LogP contribution < -0.4 is 29.6 Å². The molecule has 0 aromatic heterocycles. The molecule has 2 aliphatic heterocycles. The van der Waals surface area contributed by atoms with Gasteiger partial charge in [0.25, 0.3) is 10.1 Å². The third kappa shape index (κ3) is 9.91. The molecule has 8 nitrogen and oxygen atoms in total. The SMILES string of the molecule is CC(c1ccccc1)C(N1CC=CCC1)S(=O)(=O)[O-].CCC(N1CCC=C(c2ccccc2)C1)S(=O)(=O)O.[Na+]. The van der Waals surface area contributed by atoms with Gasteiger partial charge < -0.3 is 4.55 Å². The predicted octanol–water partition coefficient (Wildman–Crippen LogP) is 1.33. The fraction of sp³-hybridized carbons (Fsp3) is 0.429. The Morgan fingerprint density at radius 3 is 2.00 bits per heavy atom. The molecule has 208 valence electrons. The van der Waals surface area contributed by atoms with Crippen molar-refractivity contribution < 1.29 is 55.5 Å². The van der Waals surface area contributed by atoms with Gasteiger partial charge in [0, 0.05) is 32.1 Å². The van der Waals surface area contributed by atoms with Gasteiger partial charge in [0.1, 0.15) is 20.9 Å². The molecule has 0 saturated carbocycles. The second kappa shape index (κ2) is 15.6. The van der Waals surface area contributed by atoms with Crippen LogP contribution in [0.2, 0.25) is 0 Å². The molecule has 0 saturated heterocycles. The van der Waals surface area contributed by atoms with Crippen LogP contribution in [0.25, 0.3) is 5.57 Å². The van der Waals surface area contributed by atoms with Crippen LogP contribution in [-0.4, -0.2) is 72.7 Å². The van der Waals surface area contributed by atoms with E-state index in [2.05, 4.69) is 6.08 Å². The molecule has 2 heterocycles. The summed E-state index contributed by atoms with van der Waals surface area (Å²) in [7, 11) is -8.39. The largest absolute Gasteiger partial charge is 1.00 e. The minimum atomic E-state index is -4.37. The van der Waals surface area contributed by atoms with Crippen LogP contribution in [0.5, 0.6) is 0 Å². The first-order valence-corrected chi connectivity index (χ1v) is 15.8. The van der Waals surface area contributed by atoms with Crippen LogP contribution in [0.4, 0.5) is 0 Å². The van der Waals surface area contributed by atoms with Gasteiger partial charge in [-0.05, 0) is 36.0 Å². The first-order valence-electron chi connectivity index (χ1n) is 12.9. The van der Waals surface area contributed by atoms with Gasteiger partial charge in [-0.1, -0.05) is 92.7 Å². The van der Waals surface area contributed by atoms with Crippen molar-refractivity contribution in [2.45, 2.75) is 49.8 Å². The first kappa shape index (κ1) is 33.9. The van der Waals surface area contributed by atoms with Gasteiger partial charge in [-0.2, -0.15) is 8.42 Å². The summed E-state index contributed by atoms with van der Waals surface area (Å²) >= 11 is 0. The van der Waals surface area contributed by atoms with Gasteiger partial charge in [-0.25, -0.2) is 8.42 Å². The quantitative estimate of drug-likeness (QED) is 0.281. The minimum absolute atomic E-state index is 0. The van der Waals surface area contributed by atoms with E-state index in [1.54, 1.807) is 18.7 Å². The van der Waals surface area contributed by atoms with Crippen LogP contribution in [-0.2, 0) is 20.2 Å². The second-order valence-electron chi connectivity index (χ2n) is 9.57. The maximum Gasteiger partial charge on any atom is 1.00 e. The normalized spacial score (nSPS) is 19.0. The van der Waals surface area contributed by atoms with Crippen molar-refractivity contribution in [2.24, 2.45) is 0 Å². The molecule has 1 N–H and O–H groups in total. The molecule has 11 heteroatoms. The third-order valence-corrected chi connectivity index (χ3v) is 9.54. The summed E-state index contributed by atoms with van der Waals surface area (Å²) in [5, 5.41) is -1.81. The molecule has 4 rings (SSSR count). The molecule has 2 aromatic rings. The van der Waals surface area contributed by atoms with Crippen molar-refractivity contribution in [2.75, 3.05) is 26.2 Å². The number of hydrogen-bond acceptors (Lipinski definition) is 7. The van der Waals surface area contributed by atoms with E-state index in [0.717, 1.165) is 29.5 Å². The fourth-order valence-corrected chi connectivity index (χ4v) is 7.28. The minimum Gasteiger partial charge on any atom is -0.747 e. The van der Waals surface area contributed by atoms with Gasteiger partial charge in [0.05, 0.1) is 0 Å². The third-order valence-electron chi connectivity index (χ3n) is 6.92. The van der Waals surface area contributed by atoms with Gasteiger partial charge in [-0.3, -0.25) is 14.4 Å². The van der Waals surface area contributed by atoms with Crippen LogP contribution in [0.1, 0.15) is 50.2 Å².